The van der Waals surface area contributed by atoms with Gasteiger partial charge in [0.05, 0.1) is 11.9 Å². The van der Waals surface area contributed by atoms with Gasteiger partial charge in [-0.1, -0.05) is 31.0 Å². The van der Waals surface area contributed by atoms with Crippen LogP contribution in [0.4, 0.5) is 0 Å². The van der Waals surface area contributed by atoms with E-state index in [4.69, 9.17) is 0 Å². The lowest BCUT2D eigenvalue weighted by atomic mass is 10.1. The van der Waals surface area contributed by atoms with E-state index in [9.17, 15) is 4.79 Å². The second-order valence-corrected chi connectivity index (χ2v) is 6.66. The van der Waals surface area contributed by atoms with Crippen LogP contribution in [0.25, 0.3) is 11.8 Å². The smallest absolute Gasteiger partial charge is 0.247 e. The summed E-state index contributed by atoms with van der Waals surface area (Å²) in [6.45, 7) is 4.19. The molecular formula is C20H25N3O. The highest BCUT2D eigenvalue weighted by molar-refractivity contribution is 5.92. The Labute approximate surface area is 143 Å². The van der Waals surface area contributed by atoms with Crippen LogP contribution in [0.15, 0.2) is 48.8 Å². The number of hydrogen-bond donors (Lipinski definition) is 0. The highest BCUT2D eigenvalue weighted by Crippen LogP contribution is 2.25. The summed E-state index contributed by atoms with van der Waals surface area (Å²) in [7, 11) is 0. The zero-order chi connectivity index (χ0) is 16.9. The molecule has 0 spiro atoms. The summed E-state index contributed by atoms with van der Waals surface area (Å²) in [5.74, 6) is 0.101. The summed E-state index contributed by atoms with van der Waals surface area (Å²) in [6, 6.07) is 10.6. The van der Waals surface area contributed by atoms with Gasteiger partial charge in [-0.05, 0) is 44.9 Å². The quantitative estimate of drug-likeness (QED) is 0.778. The summed E-state index contributed by atoms with van der Waals surface area (Å²) in [6.07, 6.45) is 12.0. The minimum Gasteiger partial charge on any atom is -0.334 e. The van der Waals surface area contributed by atoms with Gasteiger partial charge in [0.15, 0.2) is 0 Å². The van der Waals surface area contributed by atoms with Crippen molar-refractivity contribution in [1.29, 1.82) is 0 Å². The first-order valence-corrected chi connectivity index (χ1v) is 8.75. The third kappa shape index (κ3) is 3.75. The van der Waals surface area contributed by atoms with Crippen LogP contribution >= 0.6 is 0 Å². The van der Waals surface area contributed by atoms with E-state index in [1.807, 2.05) is 52.2 Å². The molecule has 1 aromatic heterocycles. The largest absolute Gasteiger partial charge is 0.334 e. The number of nitrogens with zero attached hydrogens (tertiary/aromatic N) is 3. The minimum atomic E-state index is 0.101. The standard InChI is InChI=1S/C20H25N3O/c1-16(2)23(19-10-6-7-11-19)20(24)13-12-17-14-21-22(15-17)18-8-4-3-5-9-18/h3-5,8-9,12-16,19H,6-7,10-11H2,1-2H3/b13-12+. The minimum absolute atomic E-state index is 0.101. The lowest BCUT2D eigenvalue weighted by molar-refractivity contribution is -0.130. The molecular weight excluding hydrogens is 298 g/mol. The van der Waals surface area contributed by atoms with Gasteiger partial charge in [0.25, 0.3) is 0 Å². The topological polar surface area (TPSA) is 38.1 Å². The predicted molar refractivity (Wildman–Crippen MR) is 96.8 cm³/mol. The zero-order valence-electron chi connectivity index (χ0n) is 14.4. The molecule has 1 aromatic carbocycles. The van der Waals surface area contributed by atoms with Crippen LogP contribution < -0.4 is 0 Å². The third-order valence-electron chi connectivity index (χ3n) is 4.57. The van der Waals surface area contributed by atoms with Crippen LogP contribution in [0.1, 0.15) is 45.1 Å². The van der Waals surface area contributed by atoms with E-state index in [1.54, 1.807) is 12.3 Å². The van der Waals surface area contributed by atoms with E-state index >= 15 is 0 Å². The van der Waals surface area contributed by atoms with Crippen molar-refractivity contribution in [2.75, 3.05) is 0 Å². The van der Waals surface area contributed by atoms with Crippen molar-refractivity contribution in [2.24, 2.45) is 0 Å². The van der Waals surface area contributed by atoms with Crippen molar-refractivity contribution >= 4 is 12.0 Å². The van der Waals surface area contributed by atoms with Crippen molar-refractivity contribution in [3.63, 3.8) is 0 Å². The molecule has 1 heterocycles. The lowest BCUT2D eigenvalue weighted by Crippen LogP contribution is -2.42. The van der Waals surface area contributed by atoms with E-state index < -0.39 is 0 Å². The normalized spacial score (nSPS) is 15.5. The van der Waals surface area contributed by atoms with Gasteiger partial charge in [0.2, 0.25) is 5.91 Å². The molecule has 1 amide bonds. The molecule has 1 saturated carbocycles. The second-order valence-electron chi connectivity index (χ2n) is 6.66. The maximum absolute atomic E-state index is 12.6. The molecule has 1 fully saturated rings. The maximum Gasteiger partial charge on any atom is 0.247 e. The van der Waals surface area contributed by atoms with Gasteiger partial charge >= 0.3 is 0 Å². The predicted octanol–water partition coefficient (Wildman–Crippen LogP) is 4.07. The first-order chi connectivity index (χ1) is 11.6. The number of benzene rings is 1. The lowest BCUT2D eigenvalue weighted by Gasteiger charge is -2.31. The number of amides is 1. The Morgan fingerprint density at radius 2 is 1.96 bits per heavy atom. The van der Waals surface area contributed by atoms with Gasteiger partial charge in [-0.15, -0.1) is 0 Å². The number of aromatic nitrogens is 2. The maximum atomic E-state index is 12.6. The van der Waals surface area contributed by atoms with Crippen LogP contribution in [-0.2, 0) is 4.79 Å². The van der Waals surface area contributed by atoms with Gasteiger partial charge in [-0.25, -0.2) is 4.68 Å². The Balaban J connectivity index is 1.70. The Bertz CT molecular complexity index is 697. The molecule has 0 saturated heterocycles. The van der Waals surface area contributed by atoms with Crippen LogP contribution in [0, 0.1) is 0 Å². The van der Waals surface area contributed by atoms with Crippen molar-refractivity contribution in [3.05, 3.63) is 54.4 Å². The van der Waals surface area contributed by atoms with Gasteiger partial charge in [0.1, 0.15) is 0 Å². The molecule has 0 N–H and O–H groups in total. The van der Waals surface area contributed by atoms with Crippen molar-refractivity contribution < 1.29 is 4.79 Å². The summed E-state index contributed by atoms with van der Waals surface area (Å²) in [5.41, 5.74) is 1.94. The molecule has 126 valence electrons. The van der Waals surface area contributed by atoms with Gasteiger partial charge < -0.3 is 4.90 Å². The van der Waals surface area contributed by atoms with Crippen molar-refractivity contribution in [3.8, 4) is 5.69 Å². The van der Waals surface area contributed by atoms with E-state index in [0.29, 0.717) is 6.04 Å². The van der Waals surface area contributed by atoms with E-state index in [0.717, 1.165) is 24.1 Å². The molecule has 0 unspecified atom stereocenters. The molecule has 3 rings (SSSR count). The molecule has 4 nitrogen and oxygen atoms in total. The Morgan fingerprint density at radius 1 is 1.25 bits per heavy atom. The van der Waals surface area contributed by atoms with Gasteiger partial charge in [-0.2, -0.15) is 5.10 Å². The van der Waals surface area contributed by atoms with Crippen molar-refractivity contribution in [2.45, 2.75) is 51.6 Å². The number of carbonyl (C=O) groups is 1. The highest BCUT2D eigenvalue weighted by atomic mass is 16.2. The fraction of sp³-hybridized carbons (Fsp3) is 0.400. The average Bonchev–Trinajstić information content (AvgIpc) is 3.25. The summed E-state index contributed by atoms with van der Waals surface area (Å²) in [5, 5.41) is 4.36. The molecule has 24 heavy (non-hydrogen) atoms. The molecule has 0 aliphatic heterocycles. The summed E-state index contributed by atoms with van der Waals surface area (Å²) >= 11 is 0. The molecule has 0 atom stereocenters. The molecule has 0 bridgehead atoms. The van der Waals surface area contributed by atoms with E-state index in [2.05, 4.69) is 18.9 Å². The van der Waals surface area contributed by atoms with Gasteiger partial charge in [-0.3, -0.25) is 4.79 Å². The van der Waals surface area contributed by atoms with Crippen LogP contribution in [0.3, 0.4) is 0 Å². The van der Waals surface area contributed by atoms with E-state index in [-0.39, 0.29) is 11.9 Å². The van der Waals surface area contributed by atoms with Crippen LogP contribution in [0.2, 0.25) is 0 Å². The Hall–Kier alpha value is -2.36. The SMILES string of the molecule is CC(C)N(C(=O)/C=C/c1cnn(-c2ccccc2)c1)C1CCCC1. The summed E-state index contributed by atoms with van der Waals surface area (Å²) in [4.78, 5) is 14.7. The summed E-state index contributed by atoms with van der Waals surface area (Å²) < 4.78 is 1.82. The number of hydrogen-bond acceptors (Lipinski definition) is 2. The fourth-order valence-electron chi connectivity index (χ4n) is 3.44. The first-order valence-electron chi connectivity index (χ1n) is 8.75. The second kappa shape index (κ2) is 7.47. The van der Waals surface area contributed by atoms with E-state index in [1.165, 1.54) is 12.8 Å². The number of carbonyl (C=O) groups excluding carboxylic acids is 1. The zero-order valence-corrected chi connectivity index (χ0v) is 14.4. The van der Waals surface area contributed by atoms with Gasteiger partial charge in [0, 0.05) is 29.9 Å². The van der Waals surface area contributed by atoms with Crippen molar-refractivity contribution in [1.82, 2.24) is 14.7 Å². The Morgan fingerprint density at radius 3 is 2.62 bits per heavy atom. The monoisotopic (exact) mass is 323 g/mol. The van der Waals surface area contributed by atoms with Crippen LogP contribution in [0.5, 0.6) is 0 Å². The average molecular weight is 323 g/mol. The number of para-hydroxylation sites is 1. The molecule has 1 aliphatic carbocycles. The third-order valence-corrected chi connectivity index (χ3v) is 4.57. The first kappa shape index (κ1) is 16.5. The molecule has 1 aliphatic rings. The molecule has 4 heteroatoms. The molecule has 0 radical (unpaired) electrons. The van der Waals surface area contributed by atoms with Crippen LogP contribution in [-0.4, -0.2) is 32.7 Å². The number of rotatable bonds is 5. The fourth-order valence-corrected chi connectivity index (χ4v) is 3.44. The highest BCUT2D eigenvalue weighted by Gasteiger charge is 2.27. The Kier molecular flexibility index (Phi) is 5.14. The molecule has 2 aromatic rings.